The maximum absolute atomic E-state index is 13.9. The second-order valence-electron chi connectivity index (χ2n) is 7.29. The Morgan fingerprint density at radius 1 is 1.07 bits per heavy atom. The number of hydrogen-bond donors (Lipinski definition) is 1. The third-order valence-corrected chi connectivity index (χ3v) is 5.74. The molecule has 152 valence electrons. The Kier molecular flexibility index (Phi) is 8.16. The van der Waals surface area contributed by atoms with Crippen LogP contribution in [0.25, 0.3) is 0 Å². The third-order valence-electron chi connectivity index (χ3n) is 5.15. The van der Waals surface area contributed by atoms with Crippen LogP contribution in [0, 0.1) is 5.82 Å². The molecule has 1 aliphatic carbocycles. The topological polar surface area (TPSA) is 30.5 Å². The molecule has 3 nitrogen and oxygen atoms in total. The maximum Gasteiger partial charge on any atom is 0.175 e. The normalized spacial score (nSPS) is 15.2. The van der Waals surface area contributed by atoms with Crippen LogP contribution in [0.2, 0.25) is 0 Å². The average molecular weight is 450 g/mol. The quantitative estimate of drug-likeness (QED) is 0.474. The first-order valence-corrected chi connectivity index (χ1v) is 11.0. The van der Waals surface area contributed by atoms with Crippen LogP contribution >= 0.6 is 15.9 Å². The van der Waals surface area contributed by atoms with Crippen LogP contribution in [0.3, 0.4) is 0 Å². The predicted octanol–water partition coefficient (Wildman–Crippen LogP) is 6.38. The van der Waals surface area contributed by atoms with Crippen molar-refractivity contribution in [3.8, 4) is 11.5 Å². The van der Waals surface area contributed by atoms with E-state index in [2.05, 4.69) is 27.3 Å². The molecule has 0 atom stereocenters. The summed E-state index contributed by atoms with van der Waals surface area (Å²) in [5.74, 6) is 1.04. The van der Waals surface area contributed by atoms with Crippen molar-refractivity contribution < 1.29 is 13.9 Å². The lowest BCUT2D eigenvalue weighted by molar-refractivity contribution is 0.264. The number of rotatable bonds is 8. The van der Waals surface area contributed by atoms with Gasteiger partial charge in [0, 0.05) is 18.2 Å². The first kappa shape index (κ1) is 21.1. The zero-order valence-electron chi connectivity index (χ0n) is 16.5. The summed E-state index contributed by atoms with van der Waals surface area (Å²) in [6.45, 7) is 3.45. The van der Waals surface area contributed by atoms with Crippen LogP contribution in [0.4, 0.5) is 4.39 Å². The molecule has 0 saturated heterocycles. The minimum atomic E-state index is -0.263. The summed E-state index contributed by atoms with van der Waals surface area (Å²) in [5, 5.41) is 3.69. The predicted molar refractivity (Wildman–Crippen MR) is 114 cm³/mol. The van der Waals surface area contributed by atoms with Crippen molar-refractivity contribution in [1.29, 1.82) is 0 Å². The highest BCUT2D eigenvalue weighted by molar-refractivity contribution is 9.10. The van der Waals surface area contributed by atoms with Crippen molar-refractivity contribution >= 4 is 15.9 Å². The van der Waals surface area contributed by atoms with Crippen LogP contribution in [0.1, 0.15) is 56.6 Å². The number of nitrogens with one attached hydrogen (secondary N) is 1. The standard InChI is InChI=1S/C23H29BrFNO2/c1-2-27-22-14-17(15-26-19-10-5-3-4-6-11-19)13-20(24)23(22)28-16-18-9-7-8-12-21(18)25/h7-9,12-14,19,26H,2-6,10-11,15-16H2,1H3. The molecule has 0 amide bonds. The average Bonchev–Trinajstić information content (AvgIpc) is 2.96. The van der Waals surface area contributed by atoms with Crippen LogP contribution in [-0.4, -0.2) is 12.6 Å². The lowest BCUT2D eigenvalue weighted by Gasteiger charge is -2.19. The fourth-order valence-electron chi connectivity index (χ4n) is 3.64. The van der Waals surface area contributed by atoms with Gasteiger partial charge in [-0.1, -0.05) is 43.9 Å². The lowest BCUT2D eigenvalue weighted by atomic mass is 10.1. The van der Waals surface area contributed by atoms with E-state index in [4.69, 9.17) is 9.47 Å². The molecule has 0 unspecified atom stereocenters. The van der Waals surface area contributed by atoms with E-state index in [-0.39, 0.29) is 12.4 Å². The molecule has 1 N–H and O–H groups in total. The molecule has 2 aromatic rings. The molecule has 5 heteroatoms. The summed E-state index contributed by atoms with van der Waals surface area (Å²) in [4.78, 5) is 0. The van der Waals surface area contributed by atoms with Crippen molar-refractivity contribution in [2.24, 2.45) is 0 Å². The van der Waals surface area contributed by atoms with E-state index in [9.17, 15) is 4.39 Å². The SMILES string of the molecule is CCOc1cc(CNC2CCCCCC2)cc(Br)c1OCc1ccccc1F. The zero-order chi connectivity index (χ0) is 19.8. The Morgan fingerprint density at radius 3 is 2.54 bits per heavy atom. The zero-order valence-corrected chi connectivity index (χ0v) is 18.1. The number of ether oxygens (including phenoxy) is 2. The Labute approximate surface area is 175 Å². The summed E-state index contributed by atoms with van der Waals surface area (Å²) >= 11 is 3.61. The first-order chi connectivity index (χ1) is 13.7. The van der Waals surface area contributed by atoms with Gasteiger partial charge in [-0.25, -0.2) is 4.39 Å². The van der Waals surface area contributed by atoms with Crippen molar-refractivity contribution in [3.63, 3.8) is 0 Å². The van der Waals surface area contributed by atoms with Gasteiger partial charge in [0.1, 0.15) is 12.4 Å². The van der Waals surface area contributed by atoms with Gasteiger partial charge >= 0.3 is 0 Å². The number of benzene rings is 2. The van der Waals surface area contributed by atoms with Gasteiger partial charge < -0.3 is 14.8 Å². The highest BCUT2D eigenvalue weighted by Gasteiger charge is 2.15. The van der Waals surface area contributed by atoms with Crippen molar-refractivity contribution in [3.05, 3.63) is 57.8 Å². The van der Waals surface area contributed by atoms with Gasteiger partial charge in [-0.15, -0.1) is 0 Å². The van der Waals surface area contributed by atoms with Crippen LogP contribution in [0.5, 0.6) is 11.5 Å². The van der Waals surface area contributed by atoms with E-state index >= 15 is 0 Å². The second-order valence-corrected chi connectivity index (χ2v) is 8.14. The van der Waals surface area contributed by atoms with Gasteiger partial charge in [-0.3, -0.25) is 0 Å². The summed E-state index contributed by atoms with van der Waals surface area (Å²) in [5.41, 5.74) is 1.67. The highest BCUT2D eigenvalue weighted by Crippen LogP contribution is 2.37. The molecule has 3 rings (SSSR count). The van der Waals surface area contributed by atoms with Crippen molar-refractivity contribution in [2.75, 3.05) is 6.61 Å². The summed E-state index contributed by atoms with van der Waals surface area (Å²) in [7, 11) is 0. The van der Waals surface area contributed by atoms with Crippen LogP contribution in [-0.2, 0) is 13.2 Å². The fourth-order valence-corrected chi connectivity index (χ4v) is 4.24. The van der Waals surface area contributed by atoms with E-state index < -0.39 is 0 Å². The first-order valence-electron chi connectivity index (χ1n) is 10.2. The van der Waals surface area contributed by atoms with E-state index in [1.54, 1.807) is 12.1 Å². The van der Waals surface area contributed by atoms with Gasteiger partial charge in [0.05, 0.1) is 11.1 Å². The fraction of sp³-hybridized carbons (Fsp3) is 0.478. The Bertz CT molecular complexity index is 760. The minimum absolute atomic E-state index is 0.158. The Morgan fingerprint density at radius 2 is 1.82 bits per heavy atom. The Hall–Kier alpha value is -1.59. The molecule has 28 heavy (non-hydrogen) atoms. The van der Waals surface area contributed by atoms with Gasteiger partial charge in [0.25, 0.3) is 0 Å². The second kappa shape index (κ2) is 10.8. The number of halogens is 2. The molecular weight excluding hydrogens is 421 g/mol. The smallest absolute Gasteiger partial charge is 0.175 e. The molecule has 0 aliphatic heterocycles. The maximum atomic E-state index is 13.9. The highest BCUT2D eigenvalue weighted by atomic mass is 79.9. The third kappa shape index (κ3) is 5.95. The molecule has 2 aromatic carbocycles. The van der Waals surface area contributed by atoms with E-state index in [1.165, 1.54) is 44.6 Å². The van der Waals surface area contributed by atoms with Crippen molar-refractivity contribution in [2.45, 2.75) is 64.6 Å². The lowest BCUT2D eigenvalue weighted by Crippen LogP contribution is -2.27. The molecule has 1 aliphatic rings. The van der Waals surface area contributed by atoms with Crippen molar-refractivity contribution in [1.82, 2.24) is 5.32 Å². The minimum Gasteiger partial charge on any atom is -0.490 e. The molecule has 1 fully saturated rings. The largest absolute Gasteiger partial charge is 0.490 e. The number of hydrogen-bond acceptors (Lipinski definition) is 3. The Balaban J connectivity index is 1.69. The van der Waals surface area contributed by atoms with E-state index in [1.807, 2.05) is 19.1 Å². The molecule has 0 bridgehead atoms. The van der Waals surface area contributed by atoms with E-state index in [0.717, 1.165) is 16.6 Å². The molecule has 1 saturated carbocycles. The van der Waals surface area contributed by atoms with Gasteiger partial charge in [-0.2, -0.15) is 0 Å². The van der Waals surface area contributed by atoms with Crippen LogP contribution < -0.4 is 14.8 Å². The van der Waals surface area contributed by atoms with Gasteiger partial charge in [0.2, 0.25) is 0 Å². The molecular formula is C23H29BrFNO2. The molecule has 0 radical (unpaired) electrons. The van der Waals surface area contributed by atoms with Gasteiger partial charge in [0.15, 0.2) is 11.5 Å². The van der Waals surface area contributed by atoms with Crippen LogP contribution in [0.15, 0.2) is 40.9 Å². The molecule has 0 aromatic heterocycles. The molecule has 0 spiro atoms. The van der Waals surface area contributed by atoms with Gasteiger partial charge in [-0.05, 0) is 59.5 Å². The molecule has 0 heterocycles. The monoisotopic (exact) mass is 449 g/mol. The summed E-state index contributed by atoms with van der Waals surface area (Å²) in [6.07, 6.45) is 7.84. The summed E-state index contributed by atoms with van der Waals surface area (Å²) in [6, 6.07) is 11.3. The van der Waals surface area contributed by atoms with E-state index in [0.29, 0.717) is 29.7 Å². The summed E-state index contributed by atoms with van der Waals surface area (Å²) < 4.78 is 26.4.